The molecule has 6 heteroatoms. The van der Waals surface area contributed by atoms with Gasteiger partial charge in [0.15, 0.2) is 0 Å². The van der Waals surface area contributed by atoms with Gasteiger partial charge in [0.25, 0.3) is 0 Å². The molecule has 5 nitrogen and oxygen atoms in total. The molecule has 1 aromatic rings. The Labute approximate surface area is 86.3 Å². The zero-order valence-corrected chi connectivity index (χ0v) is 8.70. The maximum atomic E-state index is 10.4. The van der Waals surface area contributed by atoms with Gasteiger partial charge in [-0.3, -0.25) is 9.48 Å². The standard InChI is InChI=1S/C8H13N3O2S/c1-11-3-6(2-10-11)4-14-5-7(9)8(12)13/h2-3,7H,4-5,9H2,1H3,(H,12,13)/t7-/m0/s1. The second-order valence-corrected chi connectivity index (χ2v) is 4.01. The van der Waals surface area contributed by atoms with Crippen molar-refractivity contribution in [2.24, 2.45) is 12.8 Å². The summed E-state index contributed by atoms with van der Waals surface area (Å²) in [5, 5.41) is 12.5. The van der Waals surface area contributed by atoms with Gasteiger partial charge in [-0.25, -0.2) is 0 Å². The molecule has 78 valence electrons. The van der Waals surface area contributed by atoms with E-state index in [1.54, 1.807) is 10.9 Å². The van der Waals surface area contributed by atoms with Gasteiger partial charge in [-0.15, -0.1) is 0 Å². The first-order valence-corrected chi connectivity index (χ1v) is 5.28. The Bertz CT molecular complexity index is 313. The smallest absolute Gasteiger partial charge is 0.321 e. The SMILES string of the molecule is Cn1cc(CSC[C@H](N)C(=O)O)cn1. The number of nitrogens with two attached hydrogens (primary N) is 1. The highest BCUT2D eigenvalue weighted by molar-refractivity contribution is 7.98. The molecule has 0 saturated carbocycles. The number of nitrogens with zero attached hydrogens (tertiary/aromatic N) is 2. The topological polar surface area (TPSA) is 81.1 Å². The van der Waals surface area contributed by atoms with Crippen molar-refractivity contribution in [1.82, 2.24) is 9.78 Å². The summed E-state index contributed by atoms with van der Waals surface area (Å²) in [6, 6.07) is -0.781. The minimum atomic E-state index is -0.955. The van der Waals surface area contributed by atoms with Gasteiger partial charge < -0.3 is 10.8 Å². The van der Waals surface area contributed by atoms with E-state index in [4.69, 9.17) is 10.8 Å². The maximum absolute atomic E-state index is 10.4. The first-order chi connectivity index (χ1) is 6.59. The lowest BCUT2D eigenvalue weighted by atomic mass is 10.4. The van der Waals surface area contributed by atoms with Crippen molar-refractivity contribution < 1.29 is 9.90 Å². The first kappa shape index (κ1) is 11.1. The number of rotatable bonds is 5. The highest BCUT2D eigenvalue weighted by Crippen LogP contribution is 2.11. The van der Waals surface area contributed by atoms with Gasteiger partial charge in [0, 0.05) is 24.8 Å². The molecule has 1 atom stereocenters. The van der Waals surface area contributed by atoms with Gasteiger partial charge in [-0.1, -0.05) is 0 Å². The Kier molecular flexibility index (Phi) is 3.97. The third-order valence-electron chi connectivity index (χ3n) is 1.64. The van der Waals surface area contributed by atoms with E-state index in [-0.39, 0.29) is 0 Å². The van der Waals surface area contributed by atoms with Crippen LogP contribution < -0.4 is 5.73 Å². The van der Waals surface area contributed by atoms with Gasteiger partial charge in [-0.05, 0) is 5.56 Å². The van der Waals surface area contributed by atoms with Gasteiger partial charge in [0.1, 0.15) is 6.04 Å². The Morgan fingerprint density at radius 1 is 1.86 bits per heavy atom. The van der Waals surface area contributed by atoms with Crippen LogP contribution >= 0.6 is 11.8 Å². The summed E-state index contributed by atoms with van der Waals surface area (Å²) in [4.78, 5) is 10.4. The fourth-order valence-corrected chi connectivity index (χ4v) is 1.82. The number of thioether (sulfide) groups is 1. The molecule has 0 aliphatic heterocycles. The molecule has 14 heavy (non-hydrogen) atoms. The number of hydrogen-bond acceptors (Lipinski definition) is 4. The van der Waals surface area contributed by atoms with Gasteiger partial charge >= 0.3 is 5.97 Å². The Hall–Kier alpha value is -1.01. The predicted octanol–water partition coefficient (Wildman–Crippen LogP) is 0.0652. The lowest BCUT2D eigenvalue weighted by Crippen LogP contribution is -2.32. The van der Waals surface area contributed by atoms with E-state index in [2.05, 4.69) is 5.10 Å². The van der Waals surface area contributed by atoms with Crippen molar-refractivity contribution in [3.63, 3.8) is 0 Å². The van der Waals surface area contributed by atoms with E-state index < -0.39 is 12.0 Å². The van der Waals surface area contributed by atoms with Crippen LogP contribution in [0.4, 0.5) is 0 Å². The van der Waals surface area contributed by atoms with Crippen LogP contribution in [0.5, 0.6) is 0 Å². The number of carboxylic acid groups (broad SMARTS) is 1. The number of hydrogen-bond donors (Lipinski definition) is 2. The molecule has 3 N–H and O–H groups in total. The van der Waals surface area contributed by atoms with Crippen LogP contribution in [0.15, 0.2) is 12.4 Å². The molecule has 0 spiro atoms. The highest BCUT2D eigenvalue weighted by atomic mass is 32.2. The normalized spacial score (nSPS) is 12.7. The molecule has 0 radical (unpaired) electrons. The van der Waals surface area contributed by atoms with Crippen LogP contribution in [0.25, 0.3) is 0 Å². The van der Waals surface area contributed by atoms with Crippen LogP contribution in [0.1, 0.15) is 5.56 Å². The molecule has 0 bridgehead atoms. The summed E-state index contributed by atoms with van der Waals surface area (Å²) < 4.78 is 1.72. The summed E-state index contributed by atoms with van der Waals surface area (Å²) in [6.07, 6.45) is 3.67. The summed E-state index contributed by atoms with van der Waals surface area (Å²) >= 11 is 1.50. The summed E-state index contributed by atoms with van der Waals surface area (Å²) in [5.41, 5.74) is 6.42. The maximum Gasteiger partial charge on any atom is 0.321 e. The molecule has 1 heterocycles. The molecule has 0 fully saturated rings. The van der Waals surface area contributed by atoms with E-state index in [0.29, 0.717) is 5.75 Å². The number of aromatic nitrogens is 2. The van der Waals surface area contributed by atoms with Crippen molar-refractivity contribution in [2.45, 2.75) is 11.8 Å². The molecular formula is C8H13N3O2S. The van der Waals surface area contributed by atoms with Gasteiger partial charge in [0.2, 0.25) is 0 Å². The van der Waals surface area contributed by atoms with E-state index in [9.17, 15) is 4.79 Å². The second kappa shape index (κ2) is 5.02. The van der Waals surface area contributed by atoms with Crippen molar-refractivity contribution >= 4 is 17.7 Å². The third kappa shape index (κ3) is 3.39. The quantitative estimate of drug-likeness (QED) is 0.726. The van der Waals surface area contributed by atoms with Crippen LogP contribution in [-0.4, -0.2) is 32.7 Å². The third-order valence-corrected chi connectivity index (χ3v) is 2.77. The Morgan fingerprint density at radius 2 is 2.57 bits per heavy atom. The number of carboxylic acids is 1. The van der Waals surface area contributed by atoms with E-state index in [0.717, 1.165) is 11.3 Å². The summed E-state index contributed by atoms with van der Waals surface area (Å²) in [6.45, 7) is 0. The van der Waals surface area contributed by atoms with Gasteiger partial charge in [0.05, 0.1) is 6.20 Å². The number of carbonyl (C=O) groups is 1. The van der Waals surface area contributed by atoms with Crippen LogP contribution in [0.2, 0.25) is 0 Å². The predicted molar refractivity (Wildman–Crippen MR) is 55.0 cm³/mol. The molecular weight excluding hydrogens is 202 g/mol. The summed E-state index contributed by atoms with van der Waals surface area (Å²) in [7, 11) is 1.84. The van der Waals surface area contributed by atoms with Crippen molar-refractivity contribution in [1.29, 1.82) is 0 Å². The average Bonchev–Trinajstić information content (AvgIpc) is 2.51. The minimum Gasteiger partial charge on any atom is -0.480 e. The van der Waals surface area contributed by atoms with Gasteiger partial charge in [-0.2, -0.15) is 16.9 Å². The molecule has 0 aliphatic rings. The van der Waals surface area contributed by atoms with Crippen molar-refractivity contribution in [3.05, 3.63) is 18.0 Å². The Balaban J connectivity index is 2.25. The zero-order valence-electron chi connectivity index (χ0n) is 7.88. The Morgan fingerprint density at radius 3 is 3.07 bits per heavy atom. The molecule has 0 aliphatic carbocycles. The minimum absolute atomic E-state index is 0.421. The molecule has 1 aromatic heterocycles. The lowest BCUT2D eigenvalue weighted by Gasteiger charge is -2.04. The molecule has 0 aromatic carbocycles. The number of aliphatic carboxylic acids is 1. The van der Waals surface area contributed by atoms with Crippen molar-refractivity contribution in [3.8, 4) is 0 Å². The lowest BCUT2D eigenvalue weighted by molar-refractivity contribution is -0.137. The molecule has 0 saturated heterocycles. The molecule has 1 rings (SSSR count). The zero-order chi connectivity index (χ0) is 10.6. The van der Waals surface area contributed by atoms with E-state index >= 15 is 0 Å². The second-order valence-electron chi connectivity index (χ2n) is 2.98. The first-order valence-electron chi connectivity index (χ1n) is 4.13. The van der Waals surface area contributed by atoms with Crippen LogP contribution in [0, 0.1) is 0 Å². The van der Waals surface area contributed by atoms with Crippen LogP contribution in [-0.2, 0) is 17.6 Å². The van der Waals surface area contributed by atoms with E-state index in [1.165, 1.54) is 11.8 Å². The summed E-state index contributed by atoms with van der Waals surface area (Å²) in [5.74, 6) is 0.211. The average molecular weight is 215 g/mol. The fraction of sp³-hybridized carbons (Fsp3) is 0.500. The van der Waals surface area contributed by atoms with E-state index in [1.807, 2.05) is 13.2 Å². The largest absolute Gasteiger partial charge is 0.480 e. The number of aryl methyl sites for hydroxylation is 1. The van der Waals surface area contributed by atoms with Crippen molar-refractivity contribution in [2.75, 3.05) is 5.75 Å². The molecule has 0 amide bonds. The molecule has 0 unspecified atom stereocenters. The highest BCUT2D eigenvalue weighted by Gasteiger charge is 2.10. The fourth-order valence-electron chi connectivity index (χ4n) is 0.921. The van der Waals surface area contributed by atoms with Crippen LogP contribution in [0.3, 0.4) is 0 Å². The monoisotopic (exact) mass is 215 g/mol.